The molecule has 0 radical (unpaired) electrons. The number of anilines is 1. The van der Waals surface area contributed by atoms with Crippen molar-refractivity contribution in [3.05, 3.63) is 83.2 Å². The average molecular weight is 385 g/mol. The van der Waals surface area contributed by atoms with Crippen molar-refractivity contribution in [2.24, 2.45) is 0 Å². The van der Waals surface area contributed by atoms with Crippen LogP contribution in [0.1, 0.15) is 33.6 Å². The van der Waals surface area contributed by atoms with Crippen molar-refractivity contribution in [3.8, 4) is 11.1 Å². The molecule has 0 aliphatic carbocycles. The van der Waals surface area contributed by atoms with Gasteiger partial charge in [0.25, 0.3) is 5.91 Å². The minimum absolute atomic E-state index is 0.0539. The van der Waals surface area contributed by atoms with Crippen molar-refractivity contribution in [1.29, 1.82) is 0 Å². The minimum Gasteiger partial charge on any atom is -0.352 e. The third-order valence-corrected chi connectivity index (χ3v) is 5.12. The SMILES string of the molecule is Cc1ccc(C(=O)NCCCc2ccc(-c3ccc4c(c3)CC(=O)N4)cc2)cn1. The van der Waals surface area contributed by atoms with Gasteiger partial charge >= 0.3 is 0 Å². The van der Waals surface area contributed by atoms with Crippen LogP contribution in [0.25, 0.3) is 11.1 Å². The second-order valence-electron chi connectivity index (χ2n) is 7.34. The van der Waals surface area contributed by atoms with Crippen molar-refractivity contribution in [2.75, 3.05) is 11.9 Å². The standard InChI is InChI=1S/C24H23N3O2/c1-16-4-7-20(15-26-16)24(29)25-12-2-3-17-5-8-18(9-6-17)19-10-11-22-21(13-19)14-23(28)27-22/h4-11,13,15H,2-3,12,14H2,1H3,(H,25,29)(H,27,28). The van der Waals surface area contributed by atoms with Crippen LogP contribution in [0.3, 0.4) is 0 Å². The van der Waals surface area contributed by atoms with E-state index in [1.807, 2.05) is 25.1 Å². The molecule has 2 amide bonds. The fourth-order valence-corrected chi connectivity index (χ4v) is 3.47. The summed E-state index contributed by atoms with van der Waals surface area (Å²) in [7, 11) is 0. The molecule has 0 saturated heterocycles. The highest BCUT2D eigenvalue weighted by Crippen LogP contribution is 2.29. The van der Waals surface area contributed by atoms with E-state index < -0.39 is 0 Å². The smallest absolute Gasteiger partial charge is 0.252 e. The summed E-state index contributed by atoms with van der Waals surface area (Å²) in [6.07, 6.45) is 3.83. The molecule has 5 nitrogen and oxygen atoms in total. The summed E-state index contributed by atoms with van der Waals surface area (Å²) in [6.45, 7) is 2.52. The number of amides is 2. The second kappa shape index (κ2) is 8.27. The molecule has 0 fully saturated rings. The molecule has 0 unspecified atom stereocenters. The number of hydrogen-bond acceptors (Lipinski definition) is 3. The third kappa shape index (κ3) is 4.51. The normalized spacial score (nSPS) is 12.4. The fraction of sp³-hybridized carbons (Fsp3) is 0.208. The summed E-state index contributed by atoms with van der Waals surface area (Å²) < 4.78 is 0. The van der Waals surface area contributed by atoms with Crippen LogP contribution < -0.4 is 10.6 Å². The maximum atomic E-state index is 12.1. The van der Waals surface area contributed by atoms with E-state index in [4.69, 9.17) is 0 Å². The molecule has 29 heavy (non-hydrogen) atoms. The highest BCUT2D eigenvalue weighted by Gasteiger charge is 2.17. The Bertz CT molecular complexity index is 1040. The number of nitrogens with one attached hydrogen (secondary N) is 2. The van der Waals surface area contributed by atoms with Gasteiger partial charge in [0.2, 0.25) is 5.91 Å². The van der Waals surface area contributed by atoms with E-state index >= 15 is 0 Å². The second-order valence-corrected chi connectivity index (χ2v) is 7.34. The van der Waals surface area contributed by atoms with Gasteiger partial charge in [0.15, 0.2) is 0 Å². The summed E-state index contributed by atoms with van der Waals surface area (Å²) in [5, 5.41) is 5.80. The number of aryl methyl sites for hydroxylation is 2. The summed E-state index contributed by atoms with van der Waals surface area (Å²) in [5.74, 6) is -0.0318. The van der Waals surface area contributed by atoms with Crippen LogP contribution in [0.15, 0.2) is 60.8 Å². The van der Waals surface area contributed by atoms with Crippen LogP contribution in [0.2, 0.25) is 0 Å². The molecule has 0 atom stereocenters. The first kappa shape index (κ1) is 18.9. The molecule has 1 aliphatic rings. The number of benzene rings is 2. The number of pyridine rings is 1. The monoisotopic (exact) mass is 385 g/mol. The topological polar surface area (TPSA) is 71.1 Å². The number of carbonyl (C=O) groups is 2. The average Bonchev–Trinajstić information content (AvgIpc) is 3.11. The van der Waals surface area contributed by atoms with Crippen LogP contribution in [0.4, 0.5) is 5.69 Å². The fourth-order valence-electron chi connectivity index (χ4n) is 3.47. The van der Waals surface area contributed by atoms with Crippen molar-refractivity contribution >= 4 is 17.5 Å². The first-order valence-corrected chi connectivity index (χ1v) is 9.81. The van der Waals surface area contributed by atoms with E-state index in [1.165, 1.54) is 5.56 Å². The highest BCUT2D eigenvalue weighted by atomic mass is 16.2. The Hall–Kier alpha value is -3.47. The largest absolute Gasteiger partial charge is 0.352 e. The van der Waals surface area contributed by atoms with Gasteiger partial charge in [-0.3, -0.25) is 14.6 Å². The van der Waals surface area contributed by atoms with Gasteiger partial charge in [0.1, 0.15) is 0 Å². The molecule has 0 saturated carbocycles. The molecule has 146 valence electrons. The first-order valence-electron chi connectivity index (χ1n) is 9.81. The van der Waals surface area contributed by atoms with E-state index in [1.54, 1.807) is 12.3 Å². The lowest BCUT2D eigenvalue weighted by atomic mass is 9.99. The lowest BCUT2D eigenvalue weighted by Crippen LogP contribution is -2.24. The van der Waals surface area contributed by atoms with Crippen LogP contribution in [-0.2, 0) is 17.6 Å². The molecular formula is C24H23N3O2. The van der Waals surface area contributed by atoms with Crippen molar-refractivity contribution in [1.82, 2.24) is 10.3 Å². The maximum absolute atomic E-state index is 12.1. The zero-order chi connectivity index (χ0) is 20.2. The van der Waals surface area contributed by atoms with Crippen molar-refractivity contribution in [3.63, 3.8) is 0 Å². The Morgan fingerprint density at radius 2 is 1.86 bits per heavy atom. The summed E-state index contributed by atoms with van der Waals surface area (Å²) in [6, 6.07) is 18.2. The predicted molar refractivity (Wildman–Crippen MR) is 114 cm³/mol. The molecule has 2 N–H and O–H groups in total. The Morgan fingerprint density at radius 1 is 1.07 bits per heavy atom. The first-order chi connectivity index (χ1) is 14.1. The van der Waals surface area contributed by atoms with Gasteiger partial charge in [0.05, 0.1) is 12.0 Å². The maximum Gasteiger partial charge on any atom is 0.252 e. The number of aromatic nitrogens is 1. The van der Waals surface area contributed by atoms with Gasteiger partial charge in [0, 0.05) is 24.1 Å². The summed E-state index contributed by atoms with van der Waals surface area (Å²) in [5.41, 5.74) is 6.94. The van der Waals surface area contributed by atoms with Gasteiger partial charge in [-0.05, 0) is 66.3 Å². The Balaban J connectivity index is 1.29. The summed E-state index contributed by atoms with van der Waals surface area (Å²) in [4.78, 5) is 27.8. The molecule has 5 heteroatoms. The molecule has 4 rings (SSSR count). The Morgan fingerprint density at radius 3 is 2.62 bits per heavy atom. The van der Waals surface area contributed by atoms with Crippen LogP contribution in [-0.4, -0.2) is 23.3 Å². The molecule has 1 aromatic heterocycles. The zero-order valence-corrected chi connectivity index (χ0v) is 16.4. The van der Waals surface area contributed by atoms with Gasteiger partial charge in [-0.15, -0.1) is 0 Å². The van der Waals surface area contributed by atoms with Gasteiger partial charge in [-0.2, -0.15) is 0 Å². The molecule has 2 heterocycles. The Labute approximate surface area is 170 Å². The number of nitrogens with zero attached hydrogens (tertiary/aromatic N) is 1. The molecule has 3 aromatic rings. The van der Waals surface area contributed by atoms with Crippen molar-refractivity contribution < 1.29 is 9.59 Å². The number of rotatable bonds is 6. The van der Waals surface area contributed by atoms with Crippen LogP contribution in [0, 0.1) is 6.92 Å². The number of hydrogen-bond donors (Lipinski definition) is 2. The lowest BCUT2D eigenvalue weighted by molar-refractivity contribution is -0.115. The third-order valence-electron chi connectivity index (χ3n) is 5.12. The van der Waals surface area contributed by atoms with Crippen LogP contribution >= 0.6 is 0 Å². The van der Waals surface area contributed by atoms with Gasteiger partial charge in [-0.1, -0.05) is 30.3 Å². The van der Waals surface area contributed by atoms with Crippen molar-refractivity contribution in [2.45, 2.75) is 26.2 Å². The molecule has 1 aliphatic heterocycles. The highest BCUT2D eigenvalue weighted by molar-refractivity contribution is 5.99. The molecule has 2 aromatic carbocycles. The Kier molecular flexibility index (Phi) is 5.38. The van der Waals surface area contributed by atoms with E-state index in [0.717, 1.165) is 40.9 Å². The van der Waals surface area contributed by atoms with E-state index in [9.17, 15) is 9.59 Å². The van der Waals surface area contributed by atoms with Crippen LogP contribution in [0.5, 0.6) is 0 Å². The van der Waals surface area contributed by atoms with E-state index in [0.29, 0.717) is 18.5 Å². The quantitative estimate of drug-likeness (QED) is 0.632. The lowest BCUT2D eigenvalue weighted by Gasteiger charge is -2.08. The summed E-state index contributed by atoms with van der Waals surface area (Å²) >= 11 is 0. The zero-order valence-electron chi connectivity index (χ0n) is 16.4. The van der Waals surface area contributed by atoms with E-state index in [2.05, 4.69) is 45.9 Å². The molecular weight excluding hydrogens is 362 g/mol. The minimum atomic E-state index is -0.0857. The van der Waals surface area contributed by atoms with E-state index in [-0.39, 0.29) is 11.8 Å². The molecule has 0 bridgehead atoms. The molecule has 0 spiro atoms. The number of fused-ring (bicyclic) bond motifs is 1. The number of carbonyl (C=O) groups excluding carboxylic acids is 2. The predicted octanol–water partition coefficient (Wildman–Crippen LogP) is 3.91. The van der Waals surface area contributed by atoms with Gasteiger partial charge in [-0.25, -0.2) is 0 Å². The van der Waals surface area contributed by atoms with Gasteiger partial charge < -0.3 is 10.6 Å².